The molecule has 0 atom stereocenters. The molecule has 2 aromatic rings. The van der Waals surface area contributed by atoms with Gasteiger partial charge < -0.3 is 19.0 Å². The first-order valence-electron chi connectivity index (χ1n) is 5.87. The van der Waals surface area contributed by atoms with Gasteiger partial charge in [0, 0.05) is 11.6 Å². The Morgan fingerprint density at radius 2 is 2.20 bits per heavy atom. The van der Waals surface area contributed by atoms with Crippen molar-refractivity contribution in [2.24, 2.45) is 0 Å². The Labute approximate surface area is 113 Å². The summed E-state index contributed by atoms with van der Waals surface area (Å²) in [6.45, 7) is 0.106. The van der Waals surface area contributed by atoms with Crippen LogP contribution < -0.4 is 9.47 Å². The van der Waals surface area contributed by atoms with Gasteiger partial charge in [0.2, 0.25) is 11.5 Å². The Bertz CT molecular complexity index is 685. The lowest BCUT2D eigenvalue weighted by Crippen LogP contribution is -2.02. The summed E-state index contributed by atoms with van der Waals surface area (Å²) in [5.74, 6) is -0.363. The number of furan rings is 1. The van der Waals surface area contributed by atoms with Crippen LogP contribution in [0.3, 0.4) is 0 Å². The molecule has 0 spiro atoms. The van der Waals surface area contributed by atoms with Crippen LogP contribution in [0.1, 0.15) is 26.5 Å². The molecule has 0 saturated carbocycles. The van der Waals surface area contributed by atoms with E-state index in [4.69, 9.17) is 19.0 Å². The van der Waals surface area contributed by atoms with Crippen LogP contribution in [0.25, 0.3) is 0 Å². The zero-order valence-electron chi connectivity index (χ0n) is 10.3. The van der Waals surface area contributed by atoms with Crippen LogP contribution in [0.4, 0.5) is 0 Å². The molecule has 0 bridgehead atoms. The number of carboxylic acid groups (broad SMARTS) is 1. The van der Waals surface area contributed by atoms with Crippen LogP contribution >= 0.6 is 0 Å². The fraction of sp³-hybridized carbons (Fsp3) is 0.143. The number of fused-ring (bicyclic) bond motifs is 1. The predicted molar refractivity (Wildman–Crippen MR) is 66.3 cm³/mol. The van der Waals surface area contributed by atoms with E-state index in [0.29, 0.717) is 22.6 Å². The number of carboxylic acids is 1. The van der Waals surface area contributed by atoms with Crippen molar-refractivity contribution in [1.29, 1.82) is 0 Å². The number of Topliss-reactive ketones (excluding diaryl/α,β-unsaturated/α-hetero) is 1. The number of ether oxygens (including phenoxy) is 2. The Morgan fingerprint density at radius 1 is 1.35 bits per heavy atom. The molecule has 6 heteroatoms. The molecule has 1 aliphatic heterocycles. The monoisotopic (exact) mass is 274 g/mol. The average molecular weight is 274 g/mol. The highest BCUT2D eigenvalue weighted by molar-refractivity contribution is 6.02. The SMILES string of the molecule is O=C1COc2cc(OCc3ccoc3C(=O)O)ccc21. The predicted octanol–water partition coefficient (Wildman–Crippen LogP) is 2.13. The number of hydrogen-bond donors (Lipinski definition) is 1. The molecular formula is C14H10O6. The van der Waals surface area contributed by atoms with Gasteiger partial charge in [-0.25, -0.2) is 4.79 Å². The zero-order valence-corrected chi connectivity index (χ0v) is 10.3. The first-order chi connectivity index (χ1) is 9.65. The van der Waals surface area contributed by atoms with Crippen molar-refractivity contribution in [2.75, 3.05) is 6.61 Å². The Morgan fingerprint density at radius 3 is 3.00 bits per heavy atom. The highest BCUT2D eigenvalue weighted by atomic mass is 16.5. The van der Waals surface area contributed by atoms with Crippen LogP contribution in [0.15, 0.2) is 34.9 Å². The number of carbonyl (C=O) groups is 2. The molecule has 2 heterocycles. The number of hydrogen-bond acceptors (Lipinski definition) is 5. The third-order valence-electron chi connectivity index (χ3n) is 2.95. The van der Waals surface area contributed by atoms with Gasteiger partial charge in [-0.05, 0) is 18.2 Å². The average Bonchev–Trinajstić information content (AvgIpc) is 3.03. The first kappa shape index (κ1) is 12.3. The van der Waals surface area contributed by atoms with Crippen LogP contribution in [0.5, 0.6) is 11.5 Å². The minimum Gasteiger partial charge on any atom is -0.489 e. The Hall–Kier alpha value is -2.76. The Kier molecular flexibility index (Phi) is 2.90. The molecule has 0 saturated heterocycles. The molecule has 1 aromatic carbocycles. The summed E-state index contributed by atoms with van der Waals surface area (Å²) < 4.78 is 15.5. The normalized spacial score (nSPS) is 12.9. The summed E-state index contributed by atoms with van der Waals surface area (Å²) >= 11 is 0. The first-order valence-corrected chi connectivity index (χ1v) is 5.87. The minimum absolute atomic E-state index is 0.0453. The number of rotatable bonds is 4. The molecule has 0 fully saturated rings. The second-order valence-corrected chi connectivity index (χ2v) is 4.24. The highest BCUT2D eigenvalue weighted by Gasteiger charge is 2.21. The molecule has 1 aromatic heterocycles. The lowest BCUT2D eigenvalue weighted by molar-refractivity contribution is 0.0658. The molecule has 0 radical (unpaired) electrons. The maximum absolute atomic E-state index is 11.4. The molecule has 20 heavy (non-hydrogen) atoms. The van der Waals surface area contributed by atoms with Crippen LogP contribution in [-0.2, 0) is 6.61 Å². The van der Waals surface area contributed by atoms with E-state index in [2.05, 4.69) is 0 Å². The molecule has 6 nitrogen and oxygen atoms in total. The van der Waals surface area contributed by atoms with Crippen molar-refractivity contribution in [3.05, 3.63) is 47.4 Å². The second-order valence-electron chi connectivity index (χ2n) is 4.24. The van der Waals surface area contributed by atoms with E-state index in [1.165, 1.54) is 12.3 Å². The molecule has 1 N–H and O–H groups in total. The van der Waals surface area contributed by atoms with Gasteiger partial charge in [0.1, 0.15) is 18.1 Å². The number of benzene rings is 1. The largest absolute Gasteiger partial charge is 0.489 e. The van der Waals surface area contributed by atoms with Gasteiger partial charge in [-0.15, -0.1) is 0 Å². The quantitative estimate of drug-likeness (QED) is 0.919. The fourth-order valence-corrected chi connectivity index (χ4v) is 1.96. The third-order valence-corrected chi connectivity index (χ3v) is 2.95. The zero-order chi connectivity index (χ0) is 14.1. The molecule has 0 aliphatic carbocycles. The maximum atomic E-state index is 11.4. The van der Waals surface area contributed by atoms with Crippen molar-refractivity contribution in [3.63, 3.8) is 0 Å². The van der Waals surface area contributed by atoms with E-state index in [0.717, 1.165) is 0 Å². The van der Waals surface area contributed by atoms with E-state index in [9.17, 15) is 9.59 Å². The van der Waals surface area contributed by atoms with Crippen molar-refractivity contribution in [2.45, 2.75) is 6.61 Å². The van der Waals surface area contributed by atoms with E-state index < -0.39 is 5.97 Å². The molecule has 0 amide bonds. The highest BCUT2D eigenvalue weighted by Crippen LogP contribution is 2.30. The lowest BCUT2D eigenvalue weighted by Gasteiger charge is -2.06. The van der Waals surface area contributed by atoms with E-state index in [1.54, 1.807) is 18.2 Å². The number of carbonyl (C=O) groups excluding carboxylic acids is 1. The summed E-state index contributed by atoms with van der Waals surface area (Å²) in [7, 11) is 0. The van der Waals surface area contributed by atoms with Crippen molar-refractivity contribution in [1.82, 2.24) is 0 Å². The van der Waals surface area contributed by atoms with E-state index in [1.807, 2.05) is 0 Å². The van der Waals surface area contributed by atoms with Gasteiger partial charge in [0.05, 0.1) is 11.8 Å². The lowest BCUT2D eigenvalue weighted by atomic mass is 10.1. The fourth-order valence-electron chi connectivity index (χ4n) is 1.96. The smallest absolute Gasteiger partial charge is 0.372 e. The number of ketones is 1. The molecule has 1 aliphatic rings. The third kappa shape index (κ3) is 2.11. The summed E-state index contributed by atoms with van der Waals surface area (Å²) in [5.41, 5.74) is 0.974. The van der Waals surface area contributed by atoms with Crippen LogP contribution in [-0.4, -0.2) is 23.5 Å². The van der Waals surface area contributed by atoms with Crippen molar-refractivity contribution >= 4 is 11.8 Å². The topological polar surface area (TPSA) is 86.0 Å². The van der Waals surface area contributed by atoms with Crippen LogP contribution in [0.2, 0.25) is 0 Å². The number of aromatic carboxylic acids is 1. The van der Waals surface area contributed by atoms with Gasteiger partial charge in [0.15, 0.2) is 6.61 Å². The Balaban J connectivity index is 1.74. The molecule has 102 valence electrons. The van der Waals surface area contributed by atoms with Gasteiger partial charge in [0.25, 0.3) is 0 Å². The summed E-state index contributed by atoms with van der Waals surface area (Å²) in [4.78, 5) is 22.3. The maximum Gasteiger partial charge on any atom is 0.372 e. The van der Waals surface area contributed by atoms with E-state index in [-0.39, 0.29) is 24.8 Å². The minimum atomic E-state index is -1.14. The standard InChI is InChI=1S/C14H10O6/c15-11-7-20-12-5-9(1-2-10(11)12)19-6-8-3-4-18-13(8)14(16)17/h1-5H,6-7H2,(H,16,17). The molecular weight excluding hydrogens is 264 g/mol. The van der Waals surface area contributed by atoms with Crippen LogP contribution in [0, 0.1) is 0 Å². The second kappa shape index (κ2) is 4.73. The van der Waals surface area contributed by atoms with Gasteiger partial charge in [-0.1, -0.05) is 0 Å². The van der Waals surface area contributed by atoms with E-state index >= 15 is 0 Å². The summed E-state index contributed by atoms with van der Waals surface area (Å²) in [6, 6.07) is 6.43. The molecule has 0 unspecified atom stereocenters. The van der Waals surface area contributed by atoms with Gasteiger partial charge >= 0.3 is 5.97 Å². The van der Waals surface area contributed by atoms with Crippen molar-refractivity contribution in [3.8, 4) is 11.5 Å². The summed E-state index contributed by atoms with van der Waals surface area (Å²) in [6.07, 6.45) is 1.30. The molecule has 3 rings (SSSR count). The van der Waals surface area contributed by atoms with Gasteiger partial charge in [-0.2, -0.15) is 0 Å². The van der Waals surface area contributed by atoms with Crippen molar-refractivity contribution < 1.29 is 28.6 Å². The summed E-state index contributed by atoms with van der Waals surface area (Å²) in [5, 5.41) is 8.90. The van der Waals surface area contributed by atoms with Gasteiger partial charge in [-0.3, -0.25) is 4.79 Å².